The molecule has 0 unspecified atom stereocenters. The van der Waals surface area contributed by atoms with Crippen molar-refractivity contribution >= 4 is 0 Å². The largest absolute Gasteiger partial charge is 0.203 e. The van der Waals surface area contributed by atoms with Gasteiger partial charge in [0.05, 0.1) is 0 Å². The third-order valence-corrected chi connectivity index (χ3v) is 3.28. The highest BCUT2D eigenvalue weighted by Crippen LogP contribution is 2.38. The molecule has 0 bridgehead atoms. The SMILES string of the molecule is Cc1c(F)c(F)c(C2CCCC2)c(F)c1F. The molecule has 0 heterocycles. The summed E-state index contributed by atoms with van der Waals surface area (Å²) < 4.78 is 53.8. The van der Waals surface area contributed by atoms with Crippen molar-refractivity contribution in [2.75, 3.05) is 0 Å². The number of benzene rings is 1. The minimum Gasteiger partial charge on any atom is -0.203 e. The van der Waals surface area contributed by atoms with E-state index < -0.39 is 34.4 Å². The normalized spacial score (nSPS) is 17.1. The van der Waals surface area contributed by atoms with Gasteiger partial charge in [0.15, 0.2) is 23.3 Å². The Kier molecular flexibility index (Phi) is 2.91. The molecular formula is C12H12F4. The third-order valence-electron chi connectivity index (χ3n) is 3.28. The minimum atomic E-state index is -1.26. The molecule has 16 heavy (non-hydrogen) atoms. The number of hydrogen-bond donors (Lipinski definition) is 0. The van der Waals surface area contributed by atoms with Crippen LogP contribution in [0.25, 0.3) is 0 Å². The lowest BCUT2D eigenvalue weighted by molar-refractivity contribution is 0.419. The molecule has 1 aliphatic carbocycles. The summed E-state index contributed by atoms with van der Waals surface area (Å²) >= 11 is 0. The van der Waals surface area contributed by atoms with Gasteiger partial charge in [-0.2, -0.15) is 0 Å². The molecule has 0 N–H and O–H groups in total. The van der Waals surface area contributed by atoms with Crippen molar-refractivity contribution in [3.63, 3.8) is 0 Å². The summed E-state index contributed by atoms with van der Waals surface area (Å²) in [6.45, 7) is 1.04. The zero-order chi connectivity index (χ0) is 11.9. The average Bonchev–Trinajstić information content (AvgIpc) is 2.77. The van der Waals surface area contributed by atoms with E-state index in [1.807, 2.05) is 0 Å². The first kappa shape index (κ1) is 11.4. The van der Waals surface area contributed by atoms with E-state index in [2.05, 4.69) is 0 Å². The first-order chi connectivity index (χ1) is 7.54. The van der Waals surface area contributed by atoms with E-state index in [4.69, 9.17) is 0 Å². The lowest BCUT2D eigenvalue weighted by Gasteiger charge is -2.14. The van der Waals surface area contributed by atoms with Crippen molar-refractivity contribution in [1.82, 2.24) is 0 Å². The van der Waals surface area contributed by atoms with Gasteiger partial charge >= 0.3 is 0 Å². The Hall–Kier alpha value is -1.06. The van der Waals surface area contributed by atoms with E-state index in [-0.39, 0.29) is 5.92 Å². The molecule has 1 saturated carbocycles. The van der Waals surface area contributed by atoms with Gasteiger partial charge < -0.3 is 0 Å². The maximum Gasteiger partial charge on any atom is 0.165 e. The van der Waals surface area contributed by atoms with Gasteiger partial charge in [0.2, 0.25) is 0 Å². The van der Waals surface area contributed by atoms with Crippen LogP contribution in [0.4, 0.5) is 17.6 Å². The number of halogens is 4. The zero-order valence-electron chi connectivity index (χ0n) is 8.92. The van der Waals surface area contributed by atoms with Gasteiger partial charge in [0.25, 0.3) is 0 Å². The summed E-state index contributed by atoms with van der Waals surface area (Å²) in [6.07, 6.45) is 2.88. The average molecular weight is 232 g/mol. The van der Waals surface area contributed by atoms with Crippen LogP contribution in [-0.4, -0.2) is 0 Å². The minimum absolute atomic E-state index is 0.385. The van der Waals surface area contributed by atoms with Crippen LogP contribution in [0.15, 0.2) is 0 Å². The summed E-state index contributed by atoms with van der Waals surface area (Å²) in [4.78, 5) is 0. The summed E-state index contributed by atoms with van der Waals surface area (Å²) in [5.41, 5.74) is -0.991. The van der Waals surface area contributed by atoms with Crippen LogP contribution in [0.1, 0.15) is 42.7 Å². The van der Waals surface area contributed by atoms with Crippen molar-refractivity contribution in [3.8, 4) is 0 Å². The fourth-order valence-electron chi connectivity index (χ4n) is 2.33. The maximum absolute atomic E-state index is 13.6. The Balaban J connectivity index is 2.59. The molecule has 88 valence electrons. The van der Waals surface area contributed by atoms with E-state index in [0.717, 1.165) is 19.8 Å². The van der Waals surface area contributed by atoms with Gasteiger partial charge in [-0.1, -0.05) is 12.8 Å². The Morgan fingerprint density at radius 3 is 1.69 bits per heavy atom. The molecule has 2 rings (SSSR count). The second kappa shape index (κ2) is 4.07. The van der Waals surface area contributed by atoms with Crippen LogP contribution in [-0.2, 0) is 0 Å². The first-order valence-electron chi connectivity index (χ1n) is 5.36. The van der Waals surface area contributed by atoms with Crippen molar-refractivity contribution in [2.24, 2.45) is 0 Å². The van der Waals surface area contributed by atoms with E-state index in [1.165, 1.54) is 0 Å². The molecule has 1 fully saturated rings. The summed E-state index contributed by atoms with van der Waals surface area (Å²) in [7, 11) is 0. The van der Waals surface area contributed by atoms with Crippen molar-refractivity contribution in [2.45, 2.75) is 38.5 Å². The standard InChI is InChI=1S/C12H12F4/c1-6-9(13)11(15)8(12(16)10(6)14)7-4-2-3-5-7/h7H,2-5H2,1H3. The molecule has 0 aliphatic heterocycles. The van der Waals surface area contributed by atoms with Crippen molar-refractivity contribution in [1.29, 1.82) is 0 Å². The summed E-state index contributed by atoms with van der Waals surface area (Å²) in [5, 5.41) is 0. The first-order valence-corrected chi connectivity index (χ1v) is 5.36. The molecule has 0 spiro atoms. The molecule has 0 amide bonds. The van der Waals surface area contributed by atoms with Crippen molar-refractivity contribution < 1.29 is 17.6 Å². The van der Waals surface area contributed by atoms with Gasteiger partial charge in [-0.3, -0.25) is 0 Å². The van der Waals surface area contributed by atoms with Gasteiger partial charge in [-0.15, -0.1) is 0 Å². The highest BCUT2D eigenvalue weighted by Gasteiger charge is 2.29. The van der Waals surface area contributed by atoms with Crippen LogP contribution < -0.4 is 0 Å². The quantitative estimate of drug-likeness (QED) is 0.502. The smallest absolute Gasteiger partial charge is 0.165 e. The topological polar surface area (TPSA) is 0 Å². The molecule has 0 atom stereocenters. The Bertz CT molecular complexity index is 391. The van der Waals surface area contributed by atoms with Crippen LogP contribution in [0.5, 0.6) is 0 Å². The fraction of sp³-hybridized carbons (Fsp3) is 0.500. The number of hydrogen-bond acceptors (Lipinski definition) is 0. The molecule has 1 aliphatic rings. The zero-order valence-corrected chi connectivity index (χ0v) is 8.92. The molecule has 0 nitrogen and oxygen atoms in total. The monoisotopic (exact) mass is 232 g/mol. The van der Waals surface area contributed by atoms with Crippen LogP contribution in [0.2, 0.25) is 0 Å². The molecule has 0 saturated heterocycles. The lowest BCUT2D eigenvalue weighted by atomic mass is 9.94. The summed E-state index contributed by atoms with van der Waals surface area (Å²) in [6, 6.07) is 0. The fourth-order valence-corrected chi connectivity index (χ4v) is 2.33. The Morgan fingerprint density at radius 2 is 1.25 bits per heavy atom. The molecule has 4 heteroatoms. The molecule has 1 aromatic carbocycles. The molecule has 0 aromatic heterocycles. The molecular weight excluding hydrogens is 220 g/mol. The van der Waals surface area contributed by atoms with Crippen LogP contribution in [0.3, 0.4) is 0 Å². The van der Waals surface area contributed by atoms with Crippen LogP contribution in [0, 0.1) is 30.2 Å². The highest BCUT2D eigenvalue weighted by atomic mass is 19.2. The highest BCUT2D eigenvalue weighted by molar-refractivity contribution is 5.31. The second-order valence-corrected chi connectivity index (χ2v) is 4.28. The third kappa shape index (κ3) is 1.60. The maximum atomic E-state index is 13.6. The van der Waals surface area contributed by atoms with E-state index >= 15 is 0 Å². The Labute approximate surface area is 91.3 Å². The van der Waals surface area contributed by atoms with Crippen molar-refractivity contribution in [3.05, 3.63) is 34.4 Å². The molecule has 0 radical (unpaired) electrons. The lowest BCUT2D eigenvalue weighted by Crippen LogP contribution is -2.09. The van der Waals surface area contributed by atoms with Crippen LogP contribution >= 0.6 is 0 Å². The van der Waals surface area contributed by atoms with E-state index in [0.29, 0.717) is 12.8 Å². The van der Waals surface area contributed by atoms with E-state index in [9.17, 15) is 17.6 Å². The van der Waals surface area contributed by atoms with Gasteiger partial charge in [-0.05, 0) is 25.7 Å². The Morgan fingerprint density at radius 1 is 0.812 bits per heavy atom. The predicted octanol–water partition coefficient (Wildman–Crippen LogP) is 4.21. The van der Waals surface area contributed by atoms with Gasteiger partial charge in [0.1, 0.15) is 0 Å². The number of rotatable bonds is 1. The predicted molar refractivity (Wildman–Crippen MR) is 52.2 cm³/mol. The van der Waals surface area contributed by atoms with Gasteiger partial charge in [0, 0.05) is 11.1 Å². The van der Waals surface area contributed by atoms with E-state index in [1.54, 1.807) is 0 Å². The second-order valence-electron chi connectivity index (χ2n) is 4.28. The molecule has 1 aromatic rings. The summed E-state index contributed by atoms with van der Waals surface area (Å²) in [5.74, 6) is -5.35. The van der Waals surface area contributed by atoms with Gasteiger partial charge in [-0.25, -0.2) is 17.6 Å².